The van der Waals surface area contributed by atoms with Crippen LogP contribution in [-0.4, -0.2) is 24.1 Å². The molecule has 8 heteroatoms. The van der Waals surface area contributed by atoms with Crippen LogP contribution in [0.5, 0.6) is 0 Å². The van der Waals surface area contributed by atoms with Crippen molar-refractivity contribution in [2.24, 2.45) is 11.0 Å². The van der Waals surface area contributed by atoms with Crippen molar-refractivity contribution in [1.29, 1.82) is 0 Å². The topological polar surface area (TPSA) is 83.7 Å². The summed E-state index contributed by atoms with van der Waals surface area (Å²) in [6.07, 6.45) is 1.39. The number of rotatable bonds is 6. The quantitative estimate of drug-likeness (QED) is 0.576. The van der Waals surface area contributed by atoms with Gasteiger partial charge in [0.25, 0.3) is 11.8 Å². The van der Waals surface area contributed by atoms with Gasteiger partial charge in [-0.15, -0.1) is 0 Å². The van der Waals surface area contributed by atoms with Crippen molar-refractivity contribution in [2.45, 2.75) is 26.8 Å². The molecule has 2 N–H and O–H groups in total. The molecular formula is C18H19Cl2N3O3. The molecule has 138 valence electrons. The average Bonchev–Trinajstić information content (AvgIpc) is 2.97. The molecule has 0 radical (unpaired) electrons. The highest BCUT2D eigenvalue weighted by atomic mass is 35.5. The smallest absolute Gasteiger partial charge is 0.262 e. The van der Waals surface area contributed by atoms with E-state index in [0.717, 1.165) is 5.76 Å². The predicted octanol–water partition coefficient (Wildman–Crippen LogP) is 3.80. The molecule has 1 heterocycles. The molecule has 1 unspecified atom stereocenters. The van der Waals surface area contributed by atoms with E-state index in [-0.39, 0.29) is 16.5 Å². The average molecular weight is 396 g/mol. The molecule has 2 rings (SSSR count). The van der Waals surface area contributed by atoms with Crippen molar-refractivity contribution in [3.05, 3.63) is 57.5 Å². The van der Waals surface area contributed by atoms with Crippen LogP contribution in [0.2, 0.25) is 10.0 Å². The zero-order valence-corrected chi connectivity index (χ0v) is 16.1. The third kappa shape index (κ3) is 5.34. The van der Waals surface area contributed by atoms with Gasteiger partial charge in [0.15, 0.2) is 0 Å². The summed E-state index contributed by atoms with van der Waals surface area (Å²) in [5, 5.41) is 7.16. The Morgan fingerprint density at radius 2 is 1.92 bits per heavy atom. The third-order valence-electron chi connectivity index (χ3n) is 3.54. The van der Waals surface area contributed by atoms with Crippen molar-refractivity contribution < 1.29 is 14.0 Å². The lowest BCUT2D eigenvalue weighted by molar-refractivity contribution is -0.123. The van der Waals surface area contributed by atoms with Crippen LogP contribution in [0.15, 0.2) is 39.9 Å². The van der Waals surface area contributed by atoms with Gasteiger partial charge in [-0.25, -0.2) is 5.43 Å². The molecule has 0 aliphatic heterocycles. The first kappa shape index (κ1) is 20.0. The predicted molar refractivity (Wildman–Crippen MR) is 102 cm³/mol. The van der Waals surface area contributed by atoms with E-state index in [9.17, 15) is 9.59 Å². The maximum atomic E-state index is 12.4. The fourth-order valence-electron chi connectivity index (χ4n) is 2.18. The van der Waals surface area contributed by atoms with E-state index >= 15 is 0 Å². The first-order valence-electron chi connectivity index (χ1n) is 7.93. The van der Waals surface area contributed by atoms with Crippen LogP contribution in [0.4, 0.5) is 0 Å². The Balaban J connectivity index is 2.04. The van der Waals surface area contributed by atoms with Gasteiger partial charge in [0.1, 0.15) is 17.6 Å². The molecule has 1 atom stereocenters. The van der Waals surface area contributed by atoms with Gasteiger partial charge >= 0.3 is 0 Å². The molecule has 2 amide bonds. The first-order chi connectivity index (χ1) is 12.3. The second kappa shape index (κ2) is 8.87. The Kier molecular flexibility index (Phi) is 6.83. The van der Waals surface area contributed by atoms with E-state index in [1.54, 1.807) is 18.2 Å². The lowest BCUT2D eigenvalue weighted by atomic mass is 10.0. The number of carbonyl (C=O) groups excluding carboxylic acids is 2. The second-order valence-corrected chi connectivity index (χ2v) is 6.85. The normalized spacial score (nSPS) is 12.4. The van der Waals surface area contributed by atoms with Gasteiger partial charge in [-0.3, -0.25) is 9.59 Å². The monoisotopic (exact) mass is 395 g/mol. The van der Waals surface area contributed by atoms with Crippen molar-refractivity contribution >= 4 is 41.2 Å². The SMILES string of the molecule is Cc1ccc(C=NNC(=O)C(NC(=O)c2ccc(Cl)cc2Cl)C(C)C)o1. The standard InChI is InChI=1S/C18H19Cl2N3O3/c1-10(2)16(18(25)23-21-9-13-6-4-11(3)26-13)22-17(24)14-7-5-12(19)8-15(14)20/h4-10,16H,1-3H3,(H,22,24)(H,23,25). The molecule has 0 saturated carbocycles. The van der Waals surface area contributed by atoms with Crippen LogP contribution >= 0.6 is 23.2 Å². The number of carbonyl (C=O) groups is 2. The number of hydrogen-bond donors (Lipinski definition) is 2. The van der Waals surface area contributed by atoms with Gasteiger partial charge < -0.3 is 9.73 Å². The molecule has 1 aromatic heterocycles. The van der Waals surface area contributed by atoms with Gasteiger partial charge in [-0.2, -0.15) is 5.10 Å². The summed E-state index contributed by atoms with van der Waals surface area (Å²) >= 11 is 11.9. The summed E-state index contributed by atoms with van der Waals surface area (Å²) in [4.78, 5) is 24.8. The van der Waals surface area contributed by atoms with Crippen molar-refractivity contribution in [3.63, 3.8) is 0 Å². The van der Waals surface area contributed by atoms with Gasteiger partial charge in [0.2, 0.25) is 0 Å². The van der Waals surface area contributed by atoms with Gasteiger partial charge in [0.05, 0.1) is 16.8 Å². The van der Waals surface area contributed by atoms with Crippen molar-refractivity contribution in [2.75, 3.05) is 0 Å². The van der Waals surface area contributed by atoms with E-state index in [0.29, 0.717) is 10.8 Å². The molecule has 1 aromatic carbocycles. The van der Waals surface area contributed by atoms with E-state index in [1.807, 2.05) is 20.8 Å². The minimum atomic E-state index is -0.787. The van der Waals surface area contributed by atoms with E-state index in [4.69, 9.17) is 27.6 Å². The number of nitrogens with one attached hydrogen (secondary N) is 2. The molecule has 0 saturated heterocycles. The third-order valence-corrected chi connectivity index (χ3v) is 4.09. The van der Waals surface area contributed by atoms with E-state index in [2.05, 4.69) is 15.8 Å². The van der Waals surface area contributed by atoms with Crippen LogP contribution in [0.3, 0.4) is 0 Å². The Morgan fingerprint density at radius 3 is 2.50 bits per heavy atom. The number of nitrogens with zero attached hydrogens (tertiary/aromatic N) is 1. The first-order valence-corrected chi connectivity index (χ1v) is 8.68. The molecule has 6 nitrogen and oxygen atoms in total. The van der Waals surface area contributed by atoms with Crippen LogP contribution in [0.1, 0.15) is 35.7 Å². The lowest BCUT2D eigenvalue weighted by Crippen LogP contribution is -2.48. The second-order valence-electron chi connectivity index (χ2n) is 6.00. The number of aryl methyl sites for hydroxylation is 1. The largest absolute Gasteiger partial charge is 0.460 e. The van der Waals surface area contributed by atoms with Crippen LogP contribution < -0.4 is 10.7 Å². The molecule has 0 fully saturated rings. The number of hydrogen-bond acceptors (Lipinski definition) is 4. The maximum Gasteiger partial charge on any atom is 0.262 e. The molecular weight excluding hydrogens is 377 g/mol. The van der Waals surface area contributed by atoms with E-state index < -0.39 is 17.9 Å². The van der Waals surface area contributed by atoms with E-state index in [1.165, 1.54) is 18.3 Å². The zero-order chi connectivity index (χ0) is 19.3. The van der Waals surface area contributed by atoms with Gasteiger partial charge in [-0.05, 0) is 43.2 Å². The maximum absolute atomic E-state index is 12.4. The fourth-order valence-corrected chi connectivity index (χ4v) is 2.67. The minimum absolute atomic E-state index is 0.161. The summed E-state index contributed by atoms with van der Waals surface area (Å²) in [6, 6.07) is 7.27. The molecule has 26 heavy (non-hydrogen) atoms. The molecule has 0 aliphatic rings. The number of benzene rings is 1. The van der Waals surface area contributed by atoms with Gasteiger partial charge in [0, 0.05) is 5.02 Å². The lowest BCUT2D eigenvalue weighted by Gasteiger charge is -2.20. The summed E-state index contributed by atoms with van der Waals surface area (Å²) in [7, 11) is 0. The highest BCUT2D eigenvalue weighted by molar-refractivity contribution is 6.36. The molecule has 0 aliphatic carbocycles. The number of halogens is 2. The summed E-state index contributed by atoms with van der Waals surface area (Å²) < 4.78 is 5.32. The highest BCUT2D eigenvalue weighted by Crippen LogP contribution is 2.21. The van der Waals surface area contributed by atoms with Crippen molar-refractivity contribution in [3.8, 4) is 0 Å². The van der Waals surface area contributed by atoms with Gasteiger partial charge in [-0.1, -0.05) is 37.0 Å². The zero-order valence-electron chi connectivity index (χ0n) is 14.5. The van der Waals surface area contributed by atoms with Crippen LogP contribution in [-0.2, 0) is 4.79 Å². The Labute approximate surface area is 161 Å². The molecule has 0 spiro atoms. The van der Waals surface area contributed by atoms with Crippen molar-refractivity contribution in [1.82, 2.24) is 10.7 Å². The fraction of sp³-hybridized carbons (Fsp3) is 0.278. The summed E-state index contributed by atoms with van der Waals surface area (Å²) in [5.74, 6) is 0.182. The van der Waals surface area contributed by atoms with Crippen LogP contribution in [0.25, 0.3) is 0 Å². The summed E-state index contributed by atoms with van der Waals surface area (Å²) in [5.41, 5.74) is 2.64. The number of hydrazone groups is 1. The summed E-state index contributed by atoms with van der Waals surface area (Å²) in [6.45, 7) is 5.43. The Hall–Kier alpha value is -2.31. The molecule has 0 bridgehead atoms. The Morgan fingerprint density at radius 1 is 1.19 bits per heavy atom. The minimum Gasteiger partial charge on any atom is -0.460 e. The highest BCUT2D eigenvalue weighted by Gasteiger charge is 2.25. The number of amides is 2. The Bertz CT molecular complexity index is 831. The van der Waals surface area contributed by atoms with Crippen LogP contribution in [0, 0.1) is 12.8 Å². The number of furan rings is 1. The molecule has 2 aromatic rings.